The summed E-state index contributed by atoms with van der Waals surface area (Å²) in [5, 5.41) is 0. The molecule has 0 N–H and O–H groups in total. The van der Waals surface area contributed by atoms with Gasteiger partial charge in [0, 0.05) is 6.08 Å². The third-order valence-corrected chi connectivity index (χ3v) is 3.04. The second kappa shape index (κ2) is 3.95. The summed E-state index contributed by atoms with van der Waals surface area (Å²) in [6.45, 7) is 7.68. The van der Waals surface area contributed by atoms with Gasteiger partial charge < -0.3 is 4.74 Å². The van der Waals surface area contributed by atoms with Gasteiger partial charge in [0.05, 0.1) is 0 Å². The molecule has 0 saturated heterocycles. The number of hydrogen-bond donors (Lipinski definition) is 0. The van der Waals surface area contributed by atoms with Gasteiger partial charge in [-0.25, -0.2) is 4.79 Å². The third kappa shape index (κ3) is 1.93. The second-order valence-electron chi connectivity index (χ2n) is 3.88. The highest BCUT2D eigenvalue weighted by Crippen LogP contribution is 2.44. The van der Waals surface area contributed by atoms with E-state index in [1.54, 1.807) is 0 Å². The van der Waals surface area contributed by atoms with E-state index in [2.05, 4.69) is 20.4 Å². The van der Waals surface area contributed by atoms with Gasteiger partial charge in [-0.15, -0.1) is 0 Å². The standard InChI is InChI=1S/C11H18O2/c1-4-7-11(8-6-9(11)3)13-10(12)5-2/h5,9H,2,4,6-8H2,1,3H3. The van der Waals surface area contributed by atoms with E-state index in [1.165, 1.54) is 12.5 Å². The molecule has 74 valence electrons. The van der Waals surface area contributed by atoms with Crippen LogP contribution in [-0.2, 0) is 9.53 Å². The number of rotatable bonds is 4. The van der Waals surface area contributed by atoms with Gasteiger partial charge in [-0.2, -0.15) is 0 Å². The van der Waals surface area contributed by atoms with Gasteiger partial charge in [-0.3, -0.25) is 0 Å². The minimum Gasteiger partial charge on any atom is -0.456 e. The molecule has 1 aliphatic carbocycles. The average molecular weight is 182 g/mol. The number of hydrogen-bond acceptors (Lipinski definition) is 2. The first kappa shape index (κ1) is 10.3. The Morgan fingerprint density at radius 3 is 2.77 bits per heavy atom. The molecule has 0 spiro atoms. The maximum absolute atomic E-state index is 11.1. The van der Waals surface area contributed by atoms with Crippen molar-refractivity contribution in [3.8, 4) is 0 Å². The van der Waals surface area contributed by atoms with Crippen molar-refractivity contribution in [1.82, 2.24) is 0 Å². The van der Waals surface area contributed by atoms with Gasteiger partial charge in [-0.05, 0) is 25.2 Å². The minimum atomic E-state index is -0.278. The molecule has 2 atom stereocenters. The Morgan fingerprint density at radius 2 is 2.46 bits per heavy atom. The van der Waals surface area contributed by atoms with E-state index in [0.717, 1.165) is 19.3 Å². The summed E-state index contributed by atoms with van der Waals surface area (Å²) in [6, 6.07) is 0. The molecule has 1 fully saturated rings. The van der Waals surface area contributed by atoms with Crippen LogP contribution in [0.5, 0.6) is 0 Å². The fourth-order valence-electron chi connectivity index (χ4n) is 1.99. The molecule has 2 unspecified atom stereocenters. The van der Waals surface area contributed by atoms with E-state index in [-0.39, 0.29) is 11.6 Å². The van der Waals surface area contributed by atoms with Crippen LogP contribution >= 0.6 is 0 Å². The topological polar surface area (TPSA) is 26.3 Å². The highest BCUT2D eigenvalue weighted by Gasteiger charge is 2.46. The summed E-state index contributed by atoms with van der Waals surface area (Å²) in [6.07, 6.45) is 5.48. The lowest BCUT2D eigenvalue weighted by Gasteiger charge is -2.47. The smallest absolute Gasteiger partial charge is 0.330 e. The molecule has 2 nitrogen and oxygen atoms in total. The van der Waals surface area contributed by atoms with Crippen molar-refractivity contribution in [3.05, 3.63) is 12.7 Å². The van der Waals surface area contributed by atoms with Crippen LogP contribution in [0.2, 0.25) is 0 Å². The summed E-state index contributed by atoms with van der Waals surface area (Å²) < 4.78 is 5.42. The van der Waals surface area contributed by atoms with Crippen molar-refractivity contribution in [1.29, 1.82) is 0 Å². The lowest BCUT2D eigenvalue weighted by molar-refractivity contribution is -0.176. The van der Waals surface area contributed by atoms with E-state index in [4.69, 9.17) is 4.74 Å². The number of ether oxygens (including phenoxy) is 1. The summed E-state index contributed by atoms with van der Waals surface area (Å²) in [5.74, 6) is 0.233. The van der Waals surface area contributed by atoms with E-state index in [1.807, 2.05) is 0 Å². The number of carbonyl (C=O) groups excluding carboxylic acids is 1. The molecule has 0 amide bonds. The monoisotopic (exact) mass is 182 g/mol. The quantitative estimate of drug-likeness (QED) is 0.493. The molecule has 0 aromatic rings. The highest BCUT2D eigenvalue weighted by atomic mass is 16.6. The molecule has 0 heterocycles. The summed E-state index contributed by atoms with van der Waals surface area (Å²) >= 11 is 0. The molecule has 1 rings (SSSR count). The fourth-order valence-corrected chi connectivity index (χ4v) is 1.99. The average Bonchev–Trinajstić information content (AvgIpc) is 2.14. The molecule has 0 aromatic heterocycles. The van der Waals surface area contributed by atoms with Crippen molar-refractivity contribution in [2.75, 3.05) is 0 Å². The van der Waals surface area contributed by atoms with Gasteiger partial charge in [0.1, 0.15) is 5.60 Å². The van der Waals surface area contributed by atoms with Gasteiger partial charge in [0.15, 0.2) is 0 Å². The largest absolute Gasteiger partial charge is 0.456 e. The van der Waals surface area contributed by atoms with Gasteiger partial charge in [0.2, 0.25) is 0 Å². The van der Waals surface area contributed by atoms with E-state index < -0.39 is 0 Å². The predicted molar refractivity (Wildman–Crippen MR) is 52.3 cm³/mol. The second-order valence-corrected chi connectivity index (χ2v) is 3.88. The van der Waals surface area contributed by atoms with Crippen LogP contribution in [0.25, 0.3) is 0 Å². The summed E-state index contributed by atoms with van der Waals surface area (Å²) in [7, 11) is 0. The van der Waals surface area contributed by atoms with E-state index in [9.17, 15) is 4.79 Å². The van der Waals surface area contributed by atoms with Crippen LogP contribution < -0.4 is 0 Å². The van der Waals surface area contributed by atoms with Crippen molar-refractivity contribution < 1.29 is 9.53 Å². The van der Waals surface area contributed by atoms with Crippen LogP contribution in [0.1, 0.15) is 39.5 Å². The van der Waals surface area contributed by atoms with E-state index >= 15 is 0 Å². The molecule has 2 heteroatoms. The van der Waals surface area contributed by atoms with Crippen molar-refractivity contribution >= 4 is 5.97 Å². The Balaban J connectivity index is 2.57. The van der Waals surface area contributed by atoms with Crippen LogP contribution in [0.3, 0.4) is 0 Å². The Hall–Kier alpha value is -0.790. The Bertz CT molecular complexity index is 210. The normalized spacial score (nSPS) is 32.0. The first-order valence-electron chi connectivity index (χ1n) is 5.00. The fraction of sp³-hybridized carbons (Fsp3) is 0.727. The Kier molecular flexibility index (Phi) is 3.12. The van der Waals surface area contributed by atoms with Gasteiger partial charge in [0.25, 0.3) is 0 Å². The molecular formula is C11H18O2. The van der Waals surface area contributed by atoms with Crippen molar-refractivity contribution in [2.24, 2.45) is 5.92 Å². The number of carbonyl (C=O) groups is 1. The lowest BCUT2D eigenvalue weighted by Crippen LogP contribution is -2.49. The highest BCUT2D eigenvalue weighted by molar-refractivity contribution is 5.81. The maximum Gasteiger partial charge on any atom is 0.330 e. The molecule has 1 aliphatic rings. The van der Waals surface area contributed by atoms with Gasteiger partial charge >= 0.3 is 5.97 Å². The van der Waals surface area contributed by atoms with Crippen LogP contribution in [0.4, 0.5) is 0 Å². The Labute approximate surface area is 80.0 Å². The minimum absolute atomic E-state index is 0.167. The molecular weight excluding hydrogens is 164 g/mol. The maximum atomic E-state index is 11.1. The van der Waals surface area contributed by atoms with Crippen molar-refractivity contribution in [3.63, 3.8) is 0 Å². The molecule has 0 aromatic carbocycles. The van der Waals surface area contributed by atoms with Crippen LogP contribution in [0, 0.1) is 5.92 Å². The third-order valence-electron chi connectivity index (χ3n) is 3.04. The molecule has 13 heavy (non-hydrogen) atoms. The summed E-state index contributed by atoms with van der Waals surface area (Å²) in [5.41, 5.74) is -0.167. The zero-order chi connectivity index (χ0) is 9.90. The first-order chi connectivity index (χ1) is 6.14. The molecule has 1 saturated carbocycles. The van der Waals surface area contributed by atoms with Gasteiger partial charge in [-0.1, -0.05) is 26.8 Å². The first-order valence-corrected chi connectivity index (χ1v) is 5.00. The molecule has 0 aliphatic heterocycles. The number of esters is 1. The Morgan fingerprint density at radius 1 is 1.77 bits per heavy atom. The summed E-state index contributed by atoms with van der Waals surface area (Å²) in [4.78, 5) is 11.1. The molecule has 0 bridgehead atoms. The van der Waals surface area contributed by atoms with E-state index in [0.29, 0.717) is 5.92 Å². The SMILES string of the molecule is C=CC(=O)OC1(CCC)CCC1C. The van der Waals surface area contributed by atoms with Crippen molar-refractivity contribution in [2.45, 2.75) is 45.1 Å². The molecule has 0 radical (unpaired) electrons. The zero-order valence-corrected chi connectivity index (χ0v) is 8.51. The zero-order valence-electron chi connectivity index (χ0n) is 8.51. The van der Waals surface area contributed by atoms with Crippen LogP contribution in [-0.4, -0.2) is 11.6 Å². The lowest BCUT2D eigenvalue weighted by atomic mass is 9.68. The predicted octanol–water partition coefficient (Wildman–Crippen LogP) is 2.68. The van der Waals surface area contributed by atoms with Crippen LogP contribution in [0.15, 0.2) is 12.7 Å².